The maximum absolute atomic E-state index is 14.9. The summed E-state index contributed by atoms with van der Waals surface area (Å²) in [5, 5.41) is 3.11. The van der Waals surface area contributed by atoms with Crippen molar-refractivity contribution in [2.45, 2.75) is 44.7 Å². The second-order valence-electron chi connectivity index (χ2n) is 10.5. The Morgan fingerprint density at radius 3 is 2.20 bits per heavy atom. The molecule has 0 bridgehead atoms. The summed E-state index contributed by atoms with van der Waals surface area (Å²) in [6, 6.07) is 25.1. The van der Waals surface area contributed by atoms with Gasteiger partial charge in [0.15, 0.2) is 0 Å². The zero-order valence-corrected chi connectivity index (χ0v) is 26.4. The molecule has 1 N–H and O–H groups in total. The molecule has 2 amide bonds. The molecular weight excluding hydrogens is 601 g/mol. The number of aryl methyl sites for hydroxylation is 2. The van der Waals surface area contributed by atoms with Gasteiger partial charge in [-0.15, -0.1) is 0 Å². The van der Waals surface area contributed by atoms with Gasteiger partial charge in [0.1, 0.15) is 18.4 Å². The highest BCUT2D eigenvalue weighted by Crippen LogP contribution is 2.29. The van der Waals surface area contributed by atoms with Crippen LogP contribution < -0.4 is 9.62 Å². The molecule has 0 saturated carbocycles. The number of hydrogen-bond acceptors (Lipinski definition) is 4. The predicted octanol–water partition coefficient (Wildman–Crippen LogP) is 6.07. The van der Waals surface area contributed by atoms with Crippen LogP contribution in [0.1, 0.15) is 29.2 Å². The van der Waals surface area contributed by atoms with Crippen molar-refractivity contribution < 1.29 is 22.4 Å². The third-order valence-electron chi connectivity index (χ3n) is 7.25. The van der Waals surface area contributed by atoms with Gasteiger partial charge in [-0.2, -0.15) is 0 Å². The summed E-state index contributed by atoms with van der Waals surface area (Å²) in [5.74, 6) is -1.67. The lowest BCUT2D eigenvalue weighted by molar-refractivity contribution is -0.140. The number of likely N-dealkylation sites (N-methyl/N-ethyl adjacent to an activating group) is 1. The molecule has 0 unspecified atom stereocenters. The molecule has 0 heterocycles. The van der Waals surface area contributed by atoms with E-state index in [0.29, 0.717) is 11.6 Å². The Morgan fingerprint density at radius 2 is 1.57 bits per heavy atom. The summed E-state index contributed by atoms with van der Waals surface area (Å²) < 4.78 is 44.1. The highest BCUT2D eigenvalue weighted by atomic mass is 35.5. The second-order valence-corrected chi connectivity index (χ2v) is 12.7. The van der Waals surface area contributed by atoms with E-state index in [1.807, 2.05) is 37.3 Å². The largest absolute Gasteiger partial charge is 0.355 e. The summed E-state index contributed by atoms with van der Waals surface area (Å²) >= 11 is 6.40. The summed E-state index contributed by atoms with van der Waals surface area (Å²) in [7, 11) is -4.27. The number of halogens is 2. The number of nitrogens with zero attached hydrogens (tertiary/aromatic N) is 2. The summed E-state index contributed by atoms with van der Waals surface area (Å²) in [5.41, 5.74) is 2.75. The van der Waals surface area contributed by atoms with E-state index in [-0.39, 0.29) is 29.1 Å². The Balaban J connectivity index is 1.82. The standard InChI is InChI=1S/C34H35ClFN3O4S/c1-4-37-34(41)32(20-26-10-6-5-7-11-26)38(22-27-12-8-9-13-31(27)36)33(40)23-39(28-17-16-25(3)30(35)21-28)44(42,43)29-18-14-24(2)15-19-29/h5-19,21,32H,4,20,22-23H2,1-3H3,(H,37,41)/t32-/m1/s1. The maximum atomic E-state index is 14.9. The number of benzene rings is 4. The van der Waals surface area contributed by atoms with Crippen molar-refractivity contribution in [2.24, 2.45) is 0 Å². The molecule has 4 aromatic rings. The smallest absolute Gasteiger partial charge is 0.264 e. The van der Waals surface area contributed by atoms with E-state index in [1.165, 1.54) is 41.3 Å². The molecule has 0 fully saturated rings. The number of anilines is 1. The molecule has 44 heavy (non-hydrogen) atoms. The number of amides is 2. The SMILES string of the molecule is CCNC(=O)[C@@H](Cc1ccccc1)N(Cc1ccccc1F)C(=O)CN(c1ccc(C)c(Cl)c1)S(=O)(=O)c1ccc(C)cc1. The number of sulfonamides is 1. The van der Waals surface area contributed by atoms with Crippen LogP contribution in [0.3, 0.4) is 0 Å². The number of nitrogens with one attached hydrogen (secondary N) is 1. The normalized spacial score (nSPS) is 11.9. The average Bonchev–Trinajstić information content (AvgIpc) is 3.00. The van der Waals surface area contributed by atoms with Gasteiger partial charge in [0, 0.05) is 30.1 Å². The van der Waals surface area contributed by atoms with Crippen LogP contribution in [0.4, 0.5) is 10.1 Å². The lowest BCUT2D eigenvalue weighted by atomic mass is 10.0. The number of hydrogen-bond donors (Lipinski definition) is 1. The van der Waals surface area contributed by atoms with E-state index in [1.54, 1.807) is 44.2 Å². The molecule has 7 nitrogen and oxygen atoms in total. The molecule has 4 aromatic carbocycles. The van der Waals surface area contributed by atoms with Crippen molar-refractivity contribution in [3.8, 4) is 0 Å². The van der Waals surface area contributed by atoms with E-state index in [2.05, 4.69) is 5.32 Å². The van der Waals surface area contributed by atoms with E-state index < -0.39 is 40.2 Å². The van der Waals surface area contributed by atoms with Crippen LogP contribution in [0.2, 0.25) is 5.02 Å². The zero-order valence-electron chi connectivity index (χ0n) is 24.8. The van der Waals surface area contributed by atoms with Crippen molar-refractivity contribution in [1.29, 1.82) is 0 Å². The maximum Gasteiger partial charge on any atom is 0.264 e. The molecule has 0 aliphatic carbocycles. The zero-order chi connectivity index (χ0) is 31.9. The first-order valence-corrected chi connectivity index (χ1v) is 16.0. The quantitative estimate of drug-likeness (QED) is 0.205. The van der Waals surface area contributed by atoms with Crippen molar-refractivity contribution in [1.82, 2.24) is 10.2 Å². The highest BCUT2D eigenvalue weighted by Gasteiger charge is 2.35. The van der Waals surface area contributed by atoms with Gasteiger partial charge in [-0.3, -0.25) is 13.9 Å². The van der Waals surface area contributed by atoms with Gasteiger partial charge in [-0.05, 0) is 62.2 Å². The Hall–Kier alpha value is -4.21. The van der Waals surface area contributed by atoms with E-state index >= 15 is 0 Å². The molecule has 0 saturated heterocycles. The first-order valence-electron chi connectivity index (χ1n) is 14.2. The lowest BCUT2D eigenvalue weighted by Gasteiger charge is -2.34. The van der Waals surface area contributed by atoms with Crippen molar-refractivity contribution in [3.05, 3.63) is 130 Å². The van der Waals surface area contributed by atoms with Crippen LogP contribution >= 0.6 is 11.6 Å². The first-order chi connectivity index (χ1) is 21.0. The van der Waals surface area contributed by atoms with Crippen molar-refractivity contribution in [3.63, 3.8) is 0 Å². The Morgan fingerprint density at radius 1 is 0.909 bits per heavy atom. The summed E-state index contributed by atoms with van der Waals surface area (Å²) in [6.45, 7) is 4.78. The van der Waals surface area contributed by atoms with Gasteiger partial charge in [-0.25, -0.2) is 12.8 Å². The molecular formula is C34H35ClFN3O4S. The lowest BCUT2D eigenvalue weighted by Crippen LogP contribution is -2.53. The number of rotatable bonds is 12. The summed E-state index contributed by atoms with van der Waals surface area (Å²) in [6.07, 6.45) is 0.133. The highest BCUT2D eigenvalue weighted by molar-refractivity contribution is 7.92. The van der Waals surface area contributed by atoms with Crippen LogP contribution in [-0.2, 0) is 32.6 Å². The third kappa shape index (κ3) is 7.84. The fourth-order valence-corrected chi connectivity index (χ4v) is 6.34. The second kappa shape index (κ2) is 14.5. The molecule has 1 atom stereocenters. The van der Waals surface area contributed by atoms with Gasteiger partial charge in [-0.1, -0.05) is 83.9 Å². The van der Waals surface area contributed by atoms with E-state index in [0.717, 1.165) is 21.0 Å². The Labute approximate surface area is 263 Å². The minimum absolute atomic E-state index is 0.0159. The monoisotopic (exact) mass is 635 g/mol. The summed E-state index contributed by atoms with van der Waals surface area (Å²) in [4.78, 5) is 29.1. The minimum atomic E-state index is -4.27. The van der Waals surface area contributed by atoms with Crippen LogP contribution in [-0.4, -0.2) is 44.3 Å². The number of carbonyl (C=O) groups is 2. The van der Waals surface area contributed by atoms with Gasteiger partial charge >= 0.3 is 0 Å². The van der Waals surface area contributed by atoms with Crippen LogP contribution in [0.25, 0.3) is 0 Å². The molecule has 0 radical (unpaired) electrons. The van der Waals surface area contributed by atoms with Gasteiger partial charge in [0.05, 0.1) is 10.6 Å². The van der Waals surface area contributed by atoms with Crippen molar-refractivity contribution >= 4 is 39.1 Å². The molecule has 0 aliphatic heterocycles. The Kier molecular flexibility index (Phi) is 10.8. The third-order valence-corrected chi connectivity index (χ3v) is 9.45. The molecule has 10 heteroatoms. The molecule has 230 valence electrons. The molecule has 4 rings (SSSR count). The fourth-order valence-electron chi connectivity index (χ4n) is 4.76. The van der Waals surface area contributed by atoms with E-state index in [9.17, 15) is 22.4 Å². The minimum Gasteiger partial charge on any atom is -0.355 e. The van der Waals surface area contributed by atoms with E-state index in [4.69, 9.17) is 11.6 Å². The van der Waals surface area contributed by atoms with Crippen LogP contribution in [0.5, 0.6) is 0 Å². The molecule has 0 aromatic heterocycles. The van der Waals surface area contributed by atoms with Gasteiger partial charge in [0.2, 0.25) is 11.8 Å². The van der Waals surface area contributed by atoms with Crippen molar-refractivity contribution in [2.75, 3.05) is 17.4 Å². The van der Waals surface area contributed by atoms with Crippen LogP contribution in [0.15, 0.2) is 102 Å². The van der Waals surface area contributed by atoms with Crippen LogP contribution in [0, 0.1) is 19.7 Å². The average molecular weight is 636 g/mol. The first kappa shape index (κ1) is 32.7. The topological polar surface area (TPSA) is 86.8 Å². The molecule has 0 aliphatic rings. The Bertz CT molecular complexity index is 1720. The fraction of sp³-hybridized carbons (Fsp3) is 0.235. The molecule has 0 spiro atoms. The predicted molar refractivity (Wildman–Crippen MR) is 171 cm³/mol. The number of carbonyl (C=O) groups excluding carboxylic acids is 2. The van der Waals surface area contributed by atoms with Gasteiger partial charge in [0.25, 0.3) is 10.0 Å². The van der Waals surface area contributed by atoms with Gasteiger partial charge < -0.3 is 10.2 Å².